The van der Waals surface area contributed by atoms with Crippen molar-refractivity contribution in [1.29, 1.82) is 0 Å². The van der Waals surface area contributed by atoms with Crippen molar-refractivity contribution in [1.82, 2.24) is 20.2 Å². The Morgan fingerprint density at radius 2 is 1.84 bits per heavy atom. The number of nitrogens with one attached hydrogen (secondary N) is 1. The second-order valence-corrected chi connectivity index (χ2v) is 4.94. The Labute approximate surface area is 118 Å². The Morgan fingerprint density at radius 3 is 2.58 bits per heavy atom. The molecule has 6 heteroatoms. The Balaban J connectivity index is 1.97. The van der Waals surface area contributed by atoms with E-state index < -0.39 is 0 Å². The Kier molecular flexibility index (Phi) is 3.00. The maximum atomic E-state index is 5.66. The maximum absolute atomic E-state index is 5.66. The van der Waals surface area contributed by atoms with Crippen LogP contribution in [-0.2, 0) is 0 Å². The molecule has 0 saturated heterocycles. The molecule has 3 N–H and O–H groups in total. The van der Waals surface area contributed by atoms with Crippen LogP contribution in [0.25, 0.3) is 22.8 Å². The summed E-state index contributed by atoms with van der Waals surface area (Å²) in [7, 11) is 0. The second-order valence-electron chi connectivity index (χ2n) is 4.02. The van der Waals surface area contributed by atoms with Crippen molar-refractivity contribution < 1.29 is 0 Å². The quantitative estimate of drug-likeness (QED) is 0.712. The van der Waals surface area contributed by atoms with Gasteiger partial charge in [-0.3, -0.25) is 10.1 Å². The van der Waals surface area contributed by atoms with E-state index in [1.54, 1.807) is 12.4 Å². The van der Waals surface area contributed by atoms with Crippen LogP contribution in [0.2, 0.25) is 0 Å². The van der Waals surface area contributed by atoms with Crippen LogP contribution in [0.5, 0.6) is 0 Å². The van der Waals surface area contributed by atoms with E-state index in [-0.39, 0.29) is 0 Å². The van der Waals surface area contributed by atoms with E-state index in [4.69, 9.17) is 5.73 Å². The van der Waals surface area contributed by atoms with Gasteiger partial charge >= 0.3 is 0 Å². The van der Waals surface area contributed by atoms with Crippen LogP contribution in [0.15, 0.2) is 47.2 Å². The molecule has 3 aromatic rings. The van der Waals surface area contributed by atoms with Gasteiger partial charge in [-0.15, -0.1) is 0 Å². The van der Waals surface area contributed by atoms with Gasteiger partial charge in [-0.2, -0.15) is 5.10 Å². The van der Waals surface area contributed by atoms with Gasteiger partial charge in [0, 0.05) is 33.7 Å². The van der Waals surface area contributed by atoms with Crippen LogP contribution in [0.4, 0.5) is 5.69 Å². The molecule has 0 amide bonds. The highest BCUT2D eigenvalue weighted by atomic mass is 79.9. The number of pyridine rings is 1. The largest absolute Gasteiger partial charge is 0.399 e. The number of aromatic amines is 1. The topological polar surface area (TPSA) is 80.5 Å². The fourth-order valence-electron chi connectivity index (χ4n) is 1.70. The van der Waals surface area contributed by atoms with Gasteiger partial charge in [0.1, 0.15) is 0 Å². The van der Waals surface area contributed by atoms with E-state index in [9.17, 15) is 0 Å². The van der Waals surface area contributed by atoms with Gasteiger partial charge < -0.3 is 5.73 Å². The fourth-order valence-corrected chi connectivity index (χ4v) is 2.06. The lowest BCUT2D eigenvalue weighted by molar-refractivity contribution is 1.10. The molecule has 2 heterocycles. The zero-order valence-electron chi connectivity index (χ0n) is 9.84. The highest BCUT2D eigenvalue weighted by Gasteiger charge is 2.08. The number of nitrogens with two attached hydrogens (primary N) is 1. The predicted octanol–water partition coefficient (Wildman–Crippen LogP) is 2.88. The fraction of sp³-hybridized carbons (Fsp3) is 0. The highest BCUT2D eigenvalue weighted by molar-refractivity contribution is 9.10. The van der Waals surface area contributed by atoms with E-state index in [1.165, 1.54) is 0 Å². The number of nitrogen functional groups attached to an aromatic ring is 1. The lowest BCUT2D eigenvalue weighted by Gasteiger charge is -1.96. The summed E-state index contributed by atoms with van der Waals surface area (Å²) < 4.78 is 0.892. The van der Waals surface area contributed by atoms with Gasteiger partial charge in [0.05, 0.1) is 0 Å². The first-order valence-corrected chi connectivity index (χ1v) is 6.41. The van der Waals surface area contributed by atoms with Gasteiger partial charge in [0.25, 0.3) is 0 Å². The number of halogens is 1. The molecule has 0 spiro atoms. The predicted molar refractivity (Wildman–Crippen MR) is 77.2 cm³/mol. The molecule has 94 valence electrons. The molecule has 0 fully saturated rings. The molecular formula is C13H10BrN5. The van der Waals surface area contributed by atoms with E-state index in [0.29, 0.717) is 11.6 Å². The number of nitrogens with zero attached hydrogens (tertiary/aromatic N) is 3. The molecule has 19 heavy (non-hydrogen) atoms. The summed E-state index contributed by atoms with van der Waals surface area (Å²) in [6.45, 7) is 0. The zero-order valence-corrected chi connectivity index (χ0v) is 11.4. The number of rotatable bonds is 2. The van der Waals surface area contributed by atoms with Crippen LogP contribution in [-0.4, -0.2) is 20.2 Å². The Morgan fingerprint density at radius 1 is 1.05 bits per heavy atom. The van der Waals surface area contributed by atoms with Gasteiger partial charge in [0.15, 0.2) is 11.6 Å². The first-order valence-electron chi connectivity index (χ1n) is 5.61. The standard InChI is InChI=1S/C13H10BrN5/c14-10-5-9(6-16-7-10)13-17-12(18-19-13)8-1-3-11(15)4-2-8/h1-7H,15H2,(H,17,18,19). The summed E-state index contributed by atoms with van der Waals surface area (Å²) in [4.78, 5) is 8.55. The first kappa shape index (κ1) is 11.9. The van der Waals surface area contributed by atoms with Crippen molar-refractivity contribution in [2.45, 2.75) is 0 Å². The van der Waals surface area contributed by atoms with Crippen molar-refractivity contribution >= 4 is 21.6 Å². The lowest BCUT2D eigenvalue weighted by Crippen LogP contribution is -1.85. The van der Waals surface area contributed by atoms with Crippen LogP contribution in [0.3, 0.4) is 0 Å². The third kappa shape index (κ3) is 2.48. The molecule has 0 bridgehead atoms. The summed E-state index contributed by atoms with van der Waals surface area (Å²) in [5.74, 6) is 1.32. The third-order valence-corrected chi connectivity index (χ3v) is 3.07. The number of aromatic nitrogens is 4. The highest BCUT2D eigenvalue weighted by Crippen LogP contribution is 2.22. The molecule has 0 aliphatic carbocycles. The summed E-state index contributed by atoms with van der Waals surface area (Å²) in [5.41, 5.74) is 8.17. The van der Waals surface area contributed by atoms with Gasteiger partial charge in [-0.05, 0) is 46.3 Å². The van der Waals surface area contributed by atoms with E-state index >= 15 is 0 Å². The Bertz CT molecular complexity index is 705. The summed E-state index contributed by atoms with van der Waals surface area (Å²) in [5, 5.41) is 7.11. The Hall–Kier alpha value is -2.21. The van der Waals surface area contributed by atoms with Crippen LogP contribution in [0, 0.1) is 0 Å². The second kappa shape index (κ2) is 4.81. The SMILES string of the molecule is Nc1ccc(-c2nc(-c3cncc(Br)c3)n[nH]2)cc1. The van der Waals surface area contributed by atoms with Crippen molar-refractivity contribution in [3.05, 3.63) is 47.2 Å². The third-order valence-electron chi connectivity index (χ3n) is 2.63. The van der Waals surface area contributed by atoms with E-state index in [2.05, 4.69) is 36.1 Å². The molecule has 0 unspecified atom stereocenters. The number of benzene rings is 1. The van der Waals surface area contributed by atoms with E-state index in [0.717, 1.165) is 21.3 Å². The minimum Gasteiger partial charge on any atom is -0.399 e. The summed E-state index contributed by atoms with van der Waals surface area (Å²) >= 11 is 3.38. The molecule has 0 saturated carbocycles. The smallest absolute Gasteiger partial charge is 0.183 e. The van der Waals surface area contributed by atoms with Crippen LogP contribution < -0.4 is 5.73 Å². The summed E-state index contributed by atoms with van der Waals surface area (Å²) in [6, 6.07) is 9.39. The number of hydrogen-bond donors (Lipinski definition) is 2. The van der Waals surface area contributed by atoms with Gasteiger partial charge in [-0.1, -0.05) is 0 Å². The molecule has 1 aromatic carbocycles. The zero-order chi connectivity index (χ0) is 13.2. The normalized spacial score (nSPS) is 10.6. The molecule has 3 rings (SSSR count). The van der Waals surface area contributed by atoms with Crippen LogP contribution in [0.1, 0.15) is 0 Å². The van der Waals surface area contributed by atoms with Crippen molar-refractivity contribution in [2.24, 2.45) is 0 Å². The molecule has 5 nitrogen and oxygen atoms in total. The average Bonchev–Trinajstić information content (AvgIpc) is 2.89. The van der Waals surface area contributed by atoms with Crippen molar-refractivity contribution in [2.75, 3.05) is 5.73 Å². The molecule has 0 aliphatic heterocycles. The van der Waals surface area contributed by atoms with Crippen molar-refractivity contribution in [3.63, 3.8) is 0 Å². The minimum absolute atomic E-state index is 0.612. The van der Waals surface area contributed by atoms with Gasteiger partial charge in [0.2, 0.25) is 0 Å². The molecule has 0 radical (unpaired) electrons. The lowest BCUT2D eigenvalue weighted by atomic mass is 10.2. The monoisotopic (exact) mass is 315 g/mol. The molecule has 0 atom stereocenters. The first-order chi connectivity index (χ1) is 9.22. The number of anilines is 1. The van der Waals surface area contributed by atoms with E-state index in [1.807, 2.05) is 30.3 Å². The molecule has 2 aromatic heterocycles. The van der Waals surface area contributed by atoms with Gasteiger partial charge in [-0.25, -0.2) is 4.98 Å². The number of H-pyrrole nitrogens is 1. The van der Waals surface area contributed by atoms with Crippen molar-refractivity contribution in [3.8, 4) is 22.8 Å². The molecule has 0 aliphatic rings. The van der Waals surface area contributed by atoms with Crippen LogP contribution >= 0.6 is 15.9 Å². The minimum atomic E-state index is 0.612. The maximum Gasteiger partial charge on any atom is 0.183 e. The number of hydrogen-bond acceptors (Lipinski definition) is 4. The molecular weight excluding hydrogens is 306 g/mol. The summed E-state index contributed by atoms with van der Waals surface area (Å²) in [6.07, 6.45) is 3.44. The average molecular weight is 316 g/mol.